The Morgan fingerprint density at radius 1 is 1.24 bits per heavy atom. The third kappa shape index (κ3) is 3.96. The van der Waals surface area contributed by atoms with Crippen LogP contribution in [-0.2, 0) is 20.7 Å². The topological polar surface area (TPSA) is 96.4 Å². The standard InChI is InChI=1S/C18H19ClO6/c1-9-6-15-14(25-15)5-3-2-4-10(20)7-11-16(18(23)24-9)12(21)8-13(22)17(11)19/h3,5,8-9,14-15,21-22H,2,4,6-7H2,1H3/t9-,14-,15?/m1/s1. The minimum absolute atomic E-state index is 0.00808. The van der Waals surface area contributed by atoms with Gasteiger partial charge in [0.2, 0.25) is 0 Å². The molecule has 25 heavy (non-hydrogen) atoms. The van der Waals surface area contributed by atoms with Crippen LogP contribution in [-0.4, -0.2) is 40.3 Å². The third-order valence-electron chi connectivity index (χ3n) is 4.31. The molecule has 2 aliphatic heterocycles. The zero-order chi connectivity index (χ0) is 18.1. The van der Waals surface area contributed by atoms with Gasteiger partial charge in [0.15, 0.2) is 0 Å². The first kappa shape index (κ1) is 17.8. The largest absolute Gasteiger partial charge is 0.507 e. The van der Waals surface area contributed by atoms with E-state index in [2.05, 4.69) is 0 Å². The third-order valence-corrected chi connectivity index (χ3v) is 4.73. The van der Waals surface area contributed by atoms with E-state index in [1.54, 1.807) is 6.92 Å². The SMILES string of the molecule is C[C@@H]1CC2O[C@@H]2C=CCCC(=O)Cc2c(Cl)c(O)cc(O)c2C(=O)O1. The molecular formula is C18H19ClO6. The fraction of sp³-hybridized carbons (Fsp3) is 0.444. The summed E-state index contributed by atoms with van der Waals surface area (Å²) < 4.78 is 10.9. The molecule has 134 valence electrons. The number of phenols is 2. The minimum atomic E-state index is -0.778. The fourth-order valence-corrected chi connectivity index (χ4v) is 3.19. The van der Waals surface area contributed by atoms with E-state index in [1.807, 2.05) is 12.2 Å². The van der Waals surface area contributed by atoms with Gasteiger partial charge in [-0.1, -0.05) is 23.8 Å². The lowest BCUT2D eigenvalue weighted by atomic mass is 9.98. The van der Waals surface area contributed by atoms with Gasteiger partial charge in [0.05, 0.1) is 11.1 Å². The van der Waals surface area contributed by atoms with E-state index in [9.17, 15) is 19.8 Å². The van der Waals surface area contributed by atoms with Gasteiger partial charge < -0.3 is 19.7 Å². The Balaban J connectivity index is 1.96. The van der Waals surface area contributed by atoms with Crippen LogP contribution in [0, 0.1) is 0 Å². The van der Waals surface area contributed by atoms with E-state index in [0.717, 1.165) is 6.07 Å². The quantitative estimate of drug-likeness (QED) is 0.416. The number of hydrogen-bond acceptors (Lipinski definition) is 6. The molecule has 1 unspecified atom stereocenters. The van der Waals surface area contributed by atoms with Crippen molar-refractivity contribution >= 4 is 23.4 Å². The maximum Gasteiger partial charge on any atom is 0.342 e. The number of ketones is 1. The van der Waals surface area contributed by atoms with Crippen molar-refractivity contribution in [2.24, 2.45) is 0 Å². The summed E-state index contributed by atoms with van der Waals surface area (Å²) in [5.74, 6) is -1.79. The molecule has 1 fully saturated rings. The highest BCUT2D eigenvalue weighted by Crippen LogP contribution is 2.38. The second-order valence-corrected chi connectivity index (χ2v) is 6.73. The molecule has 3 atom stereocenters. The number of aromatic hydroxyl groups is 2. The van der Waals surface area contributed by atoms with Gasteiger partial charge in [-0.05, 0) is 13.3 Å². The molecule has 2 heterocycles. The van der Waals surface area contributed by atoms with Gasteiger partial charge in [-0.3, -0.25) is 4.79 Å². The lowest BCUT2D eigenvalue weighted by Crippen LogP contribution is -2.20. The van der Waals surface area contributed by atoms with Crippen molar-refractivity contribution in [2.75, 3.05) is 0 Å². The maximum atomic E-state index is 12.5. The molecule has 3 rings (SSSR count). The van der Waals surface area contributed by atoms with Gasteiger partial charge in [-0.25, -0.2) is 4.79 Å². The minimum Gasteiger partial charge on any atom is -0.507 e. The molecule has 1 aromatic carbocycles. The van der Waals surface area contributed by atoms with Gasteiger partial charge >= 0.3 is 5.97 Å². The normalized spacial score (nSPS) is 27.0. The number of carbonyl (C=O) groups is 2. The molecule has 7 heteroatoms. The lowest BCUT2D eigenvalue weighted by molar-refractivity contribution is -0.118. The summed E-state index contributed by atoms with van der Waals surface area (Å²) in [6, 6.07) is 0.976. The van der Waals surface area contributed by atoms with Crippen LogP contribution in [0.15, 0.2) is 18.2 Å². The molecule has 2 aliphatic rings. The molecule has 0 aliphatic carbocycles. The van der Waals surface area contributed by atoms with Crippen LogP contribution in [0.1, 0.15) is 42.1 Å². The zero-order valence-corrected chi connectivity index (χ0v) is 14.5. The van der Waals surface area contributed by atoms with E-state index in [4.69, 9.17) is 21.1 Å². The van der Waals surface area contributed by atoms with Gasteiger partial charge in [-0.15, -0.1) is 0 Å². The molecule has 0 aromatic heterocycles. The maximum absolute atomic E-state index is 12.5. The van der Waals surface area contributed by atoms with E-state index in [1.165, 1.54) is 0 Å². The molecule has 1 saturated heterocycles. The number of halogens is 1. The number of fused-ring (bicyclic) bond motifs is 2. The highest BCUT2D eigenvalue weighted by Gasteiger charge is 2.38. The number of benzene rings is 1. The summed E-state index contributed by atoms with van der Waals surface area (Å²) in [7, 11) is 0. The Labute approximate surface area is 150 Å². The number of epoxide rings is 1. The first-order valence-corrected chi connectivity index (χ1v) is 8.52. The first-order valence-electron chi connectivity index (χ1n) is 8.15. The summed E-state index contributed by atoms with van der Waals surface area (Å²) in [5, 5.41) is 19.8. The summed E-state index contributed by atoms with van der Waals surface area (Å²) in [4.78, 5) is 24.7. The predicted octanol–water partition coefficient (Wildman–Crippen LogP) is 2.92. The van der Waals surface area contributed by atoms with Crippen molar-refractivity contribution in [1.29, 1.82) is 0 Å². The van der Waals surface area contributed by atoms with Gasteiger partial charge in [-0.2, -0.15) is 0 Å². The van der Waals surface area contributed by atoms with Gasteiger partial charge in [0.1, 0.15) is 35.1 Å². The van der Waals surface area contributed by atoms with Crippen molar-refractivity contribution in [3.63, 3.8) is 0 Å². The molecule has 1 aromatic rings. The van der Waals surface area contributed by atoms with Crippen molar-refractivity contribution in [3.8, 4) is 11.5 Å². The van der Waals surface area contributed by atoms with Crippen molar-refractivity contribution in [1.82, 2.24) is 0 Å². The van der Waals surface area contributed by atoms with Gasteiger partial charge in [0.25, 0.3) is 0 Å². The molecule has 0 bridgehead atoms. The summed E-state index contributed by atoms with van der Waals surface area (Å²) in [6.07, 6.45) is 4.51. The Morgan fingerprint density at radius 3 is 2.76 bits per heavy atom. The molecule has 0 saturated carbocycles. The first-order chi connectivity index (χ1) is 11.9. The van der Waals surface area contributed by atoms with Crippen molar-refractivity contribution in [3.05, 3.63) is 34.4 Å². The van der Waals surface area contributed by atoms with Crippen LogP contribution in [0.5, 0.6) is 11.5 Å². The summed E-state index contributed by atoms with van der Waals surface area (Å²) in [5.41, 5.74) is -0.0909. The average molecular weight is 367 g/mol. The van der Waals surface area contributed by atoms with E-state index in [0.29, 0.717) is 12.8 Å². The Morgan fingerprint density at radius 2 is 2.00 bits per heavy atom. The number of rotatable bonds is 0. The van der Waals surface area contributed by atoms with Crippen molar-refractivity contribution < 1.29 is 29.3 Å². The Kier molecular flexibility index (Phi) is 5.01. The number of hydrogen-bond donors (Lipinski definition) is 2. The molecule has 2 N–H and O–H groups in total. The van der Waals surface area contributed by atoms with Crippen LogP contribution in [0.4, 0.5) is 0 Å². The number of phenolic OH excluding ortho intramolecular Hbond substituents is 2. The second kappa shape index (κ2) is 7.06. The van der Waals surface area contributed by atoms with Crippen LogP contribution in [0.2, 0.25) is 5.02 Å². The van der Waals surface area contributed by atoms with Crippen LogP contribution < -0.4 is 0 Å². The number of Topliss-reactive ketones (excluding diaryl/α,β-unsaturated/α-hetero) is 1. The molecule has 0 amide bonds. The smallest absolute Gasteiger partial charge is 0.342 e. The number of carbonyl (C=O) groups excluding carboxylic acids is 2. The number of allylic oxidation sites excluding steroid dienone is 1. The highest BCUT2D eigenvalue weighted by atomic mass is 35.5. The van der Waals surface area contributed by atoms with Crippen LogP contribution >= 0.6 is 11.6 Å². The molecular weight excluding hydrogens is 348 g/mol. The number of cyclic esters (lactones) is 1. The predicted molar refractivity (Wildman–Crippen MR) is 90.0 cm³/mol. The Bertz CT molecular complexity index is 742. The average Bonchev–Trinajstić information content (AvgIpc) is 3.25. The second-order valence-electron chi connectivity index (χ2n) is 6.36. The van der Waals surface area contributed by atoms with Gasteiger partial charge in [0, 0.05) is 30.9 Å². The van der Waals surface area contributed by atoms with E-state index in [-0.39, 0.29) is 52.7 Å². The summed E-state index contributed by atoms with van der Waals surface area (Å²) in [6.45, 7) is 1.73. The molecule has 0 spiro atoms. The number of ether oxygens (including phenoxy) is 2. The summed E-state index contributed by atoms with van der Waals surface area (Å²) >= 11 is 6.08. The van der Waals surface area contributed by atoms with Crippen molar-refractivity contribution in [2.45, 2.75) is 50.9 Å². The fourth-order valence-electron chi connectivity index (χ4n) is 2.97. The molecule has 6 nitrogen and oxygen atoms in total. The van der Waals surface area contributed by atoms with Crippen LogP contribution in [0.25, 0.3) is 0 Å². The monoisotopic (exact) mass is 366 g/mol. The Hall–Kier alpha value is -2.05. The lowest BCUT2D eigenvalue weighted by Gasteiger charge is -2.17. The van der Waals surface area contributed by atoms with E-state index >= 15 is 0 Å². The zero-order valence-electron chi connectivity index (χ0n) is 13.7. The van der Waals surface area contributed by atoms with E-state index < -0.39 is 17.8 Å². The molecule has 0 radical (unpaired) electrons. The highest BCUT2D eigenvalue weighted by molar-refractivity contribution is 6.33. The number of esters is 1. The van der Waals surface area contributed by atoms with Crippen LogP contribution in [0.3, 0.4) is 0 Å².